The van der Waals surface area contributed by atoms with Gasteiger partial charge < -0.3 is 13.9 Å². The molecule has 1 aromatic heterocycles. The van der Waals surface area contributed by atoms with Gasteiger partial charge in [-0.2, -0.15) is 0 Å². The van der Waals surface area contributed by atoms with Crippen molar-refractivity contribution in [2.45, 2.75) is 20.8 Å². The zero-order chi connectivity index (χ0) is 21.1. The zero-order valence-electron chi connectivity index (χ0n) is 17.7. The summed E-state index contributed by atoms with van der Waals surface area (Å²) in [5.41, 5.74) is 5.02. The van der Waals surface area contributed by atoms with E-state index in [9.17, 15) is 0 Å². The van der Waals surface area contributed by atoms with E-state index in [1.54, 1.807) is 7.11 Å². The lowest BCUT2D eigenvalue weighted by atomic mass is 10.1. The molecule has 0 radical (unpaired) electrons. The molecule has 0 saturated carbocycles. The van der Waals surface area contributed by atoms with Crippen LogP contribution in [0.25, 0.3) is 22.3 Å². The normalized spacial score (nSPS) is 11.7. The topological polar surface area (TPSA) is 44.0 Å². The molecule has 4 rings (SSSR count). The van der Waals surface area contributed by atoms with Crippen molar-refractivity contribution in [1.82, 2.24) is 0 Å². The van der Waals surface area contributed by atoms with Gasteiger partial charge in [-0.1, -0.05) is 17.7 Å². The third-order valence-corrected chi connectivity index (χ3v) is 4.99. The molecule has 0 saturated heterocycles. The van der Waals surface area contributed by atoms with Gasteiger partial charge in [-0.25, -0.2) is 4.99 Å². The van der Waals surface area contributed by atoms with Crippen molar-refractivity contribution < 1.29 is 13.9 Å². The monoisotopic (exact) mass is 399 g/mol. The van der Waals surface area contributed by atoms with Crippen LogP contribution in [0.15, 0.2) is 76.1 Å². The van der Waals surface area contributed by atoms with E-state index < -0.39 is 0 Å². The molecule has 4 aromatic rings. The predicted molar refractivity (Wildman–Crippen MR) is 121 cm³/mol. The van der Waals surface area contributed by atoms with Crippen LogP contribution in [0.4, 0.5) is 5.69 Å². The maximum Gasteiger partial charge on any atom is 0.137 e. The number of fused-ring (bicyclic) bond motifs is 1. The summed E-state index contributed by atoms with van der Waals surface area (Å²) >= 11 is 0. The number of hydrogen-bond acceptors (Lipinski definition) is 4. The lowest BCUT2D eigenvalue weighted by molar-refractivity contribution is 0.340. The Hall–Kier alpha value is -3.53. The van der Waals surface area contributed by atoms with Crippen molar-refractivity contribution in [1.29, 1.82) is 0 Å². The summed E-state index contributed by atoms with van der Waals surface area (Å²) < 4.78 is 17.2. The molecule has 0 aliphatic carbocycles. The summed E-state index contributed by atoms with van der Waals surface area (Å²) in [4.78, 5) is 4.99. The summed E-state index contributed by atoms with van der Waals surface area (Å²) in [6.45, 7) is 6.75. The average Bonchev–Trinajstić information content (AvgIpc) is 2.76. The standard InChI is InChI=1S/C26H25NO3/c1-5-29-21-11-13-25-22(15-21)24(27-23-12-6-17(2)14-18(23)3)16-26(30-25)19-7-9-20(28-4)10-8-19/h6-16H,5H2,1-4H3. The van der Waals surface area contributed by atoms with E-state index in [-0.39, 0.29) is 0 Å². The lowest BCUT2D eigenvalue weighted by Gasteiger charge is -2.09. The van der Waals surface area contributed by atoms with Crippen molar-refractivity contribution in [3.05, 3.63) is 83.2 Å². The smallest absolute Gasteiger partial charge is 0.137 e. The first-order chi connectivity index (χ1) is 14.6. The second kappa shape index (κ2) is 8.46. The highest BCUT2D eigenvalue weighted by atomic mass is 16.5. The molecule has 0 aliphatic heterocycles. The van der Waals surface area contributed by atoms with Crippen LogP contribution in [-0.2, 0) is 0 Å². The highest BCUT2D eigenvalue weighted by Gasteiger charge is 2.09. The molecule has 0 spiro atoms. The first kappa shape index (κ1) is 19.8. The highest BCUT2D eigenvalue weighted by molar-refractivity contribution is 5.80. The molecule has 3 aromatic carbocycles. The van der Waals surface area contributed by atoms with Gasteiger partial charge >= 0.3 is 0 Å². The van der Waals surface area contributed by atoms with E-state index in [1.165, 1.54) is 5.56 Å². The van der Waals surface area contributed by atoms with Gasteiger partial charge in [0.1, 0.15) is 22.8 Å². The Kier molecular flexibility index (Phi) is 5.57. The molecule has 152 valence electrons. The second-order valence-corrected chi connectivity index (χ2v) is 7.22. The van der Waals surface area contributed by atoms with Gasteiger partial charge in [0.05, 0.1) is 24.8 Å². The second-order valence-electron chi connectivity index (χ2n) is 7.22. The van der Waals surface area contributed by atoms with Crippen LogP contribution in [0.3, 0.4) is 0 Å². The first-order valence-electron chi connectivity index (χ1n) is 10.0. The van der Waals surface area contributed by atoms with E-state index in [4.69, 9.17) is 18.9 Å². The Morgan fingerprint density at radius 3 is 2.33 bits per heavy atom. The van der Waals surface area contributed by atoms with Crippen LogP contribution in [0.5, 0.6) is 11.5 Å². The summed E-state index contributed by atoms with van der Waals surface area (Å²) in [7, 11) is 1.66. The van der Waals surface area contributed by atoms with Crippen molar-refractivity contribution >= 4 is 16.7 Å². The summed E-state index contributed by atoms with van der Waals surface area (Å²) in [5, 5.41) is 1.76. The highest BCUT2D eigenvalue weighted by Crippen LogP contribution is 2.27. The van der Waals surface area contributed by atoms with Crippen LogP contribution >= 0.6 is 0 Å². The molecular weight excluding hydrogens is 374 g/mol. The van der Waals surface area contributed by atoms with E-state index in [0.717, 1.165) is 50.4 Å². The summed E-state index contributed by atoms with van der Waals surface area (Å²) in [5.74, 6) is 2.35. The Labute approximate surface area is 176 Å². The van der Waals surface area contributed by atoms with Gasteiger partial charge in [0.2, 0.25) is 0 Å². The summed E-state index contributed by atoms with van der Waals surface area (Å²) in [6, 6.07) is 21.9. The number of nitrogens with zero attached hydrogens (tertiary/aromatic N) is 1. The number of hydrogen-bond donors (Lipinski definition) is 0. The van der Waals surface area contributed by atoms with Gasteiger partial charge in [0.25, 0.3) is 0 Å². The number of benzene rings is 3. The van der Waals surface area contributed by atoms with Crippen LogP contribution in [0.2, 0.25) is 0 Å². The molecular formula is C26H25NO3. The Morgan fingerprint density at radius 1 is 0.867 bits per heavy atom. The van der Waals surface area contributed by atoms with Gasteiger partial charge in [-0.3, -0.25) is 0 Å². The Balaban J connectivity index is 1.95. The van der Waals surface area contributed by atoms with Crippen molar-refractivity contribution in [3.8, 4) is 22.8 Å². The first-order valence-corrected chi connectivity index (χ1v) is 10.0. The SMILES string of the molecule is CCOc1ccc2oc(-c3ccc(OC)cc3)cc(=Nc3ccc(C)cc3C)c2c1. The van der Waals surface area contributed by atoms with Crippen LogP contribution < -0.4 is 14.8 Å². The third-order valence-electron chi connectivity index (χ3n) is 4.99. The molecule has 0 atom stereocenters. The quantitative estimate of drug-likeness (QED) is 0.392. The fourth-order valence-corrected chi connectivity index (χ4v) is 3.46. The summed E-state index contributed by atoms with van der Waals surface area (Å²) in [6.07, 6.45) is 0. The van der Waals surface area contributed by atoms with Crippen LogP contribution in [-0.4, -0.2) is 13.7 Å². The van der Waals surface area contributed by atoms with Gasteiger partial charge in [-0.05, 0) is 74.9 Å². The maximum atomic E-state index is 6.23. The van der Waals surface area contributed by atoms with Crippen molar-refractivity contribution in [2.24, 2.45) is 4.99 Å². The predicted octanol–water partition coefficient (Wildman–Crippen LogP) is 6.36. The average molecular weight is 399 g/mol. The van der Waals surface area contributed by atoms with E-state index in [1.807, 2.05) is 55.5 Å². The number of aryl methyl sites for hydroxylation is 2. The molecule has 1 heterocycles. The minimum atomic E-state index is 0.607. The maximum absolute atomic E-state index is 6.23. The molecule has 0 unspecified atom stereocenters. The fourth-order valence-electron chi connectivity index (χ4n) is 3.46. The van der Waals surface area contributed by atoms with E-state index in [0.29, 0.717) is 6.61 Å². The number of ether oxygens (including phenoxy) is 2. The largest absolute Gasteiger partial charge is 0.497 e. The number of methoxy groups -OCH3 is 1. The van der Waals surface area contributed by atoms with Crippen molar-refractivity contribution in [3.63, 3.8) is 0 Å². The molecule has 30 heavy (non-hydrogen) atoms. The minimum Gasteiger partial charge on any atom is -0.497 e. The van der Waals surface area contributed by atoms with Gasteiger partial charge in [0, 0.05) is 17.0 Å². The van der Waals surface area contributed by atoms with E-state index in [2.05, 4.69) is 32.0 Å². The van der Waals surface area contributed by atoms with Gasteiger partial charge in [0.15, 0.2) is 0 Å². The third kappa shape index (κ3) is 4.08. The van der Waals surface area contributed by atoms with Crippen LogP contribution in [0.1, 0.15) is 18.1 Å². The molecule has 4 nitrogen and oxygen atoms in total. The fraction of sp³-hybridized carbons (Fsp3) is 0.192. The van der Waals surface area contributed by atoms with E-state index >= 15 is 0 Å². The Morgan fingerprint density at radius 2 is 1.63 bits per heavy atom. The lowest BCUT2D eigenvalue weighted by Crippen LogP contribution is -2.04. The molecule has 0 bridgehead atoms. The molecule has 0 aliphatic rings. The molecule has 0 amide bonds. The number of rotatable bonds is 5. The van der Waals surface area contributed by atoms with Gasteiger partial charge in [-0.15, -0.1) is 0 Å². The molecule has 0 N–H and O–H groups in total. The van der Waals surface area contributed by atoms with Crippen molar-refractivity contribution in [2.75, 3.05) is 13.7 Å². The zero-order valence-corrected chi connectivity index (χ0v) is 17.7. The molecule has 4 heteroatoms. The molecule has 0 fully saturated rings. The van der Waals surface area contributed by atoms with Crippen LogP contribution in [0, 0.1) is 13.8 Å². The Bertz CT molecular complexity index is 1250. The minimum absolute atomic E-state index is 0.607.